The molecule has 2 N–H and O–H groups in total. The number of hydrogen-bond acceptors (Lipinski definition) is 4. The SMILES string of the molecule is C=CCNS(=O)(=O)Cc1ccc(NC(=O)C2CC(=O)N(c3ccc(Cl)cc3)C2)cc1. The van der Waals surface area contributed by atoms with E-state index < -0.39 is 15.9 Å². The molecule has 1 fully saturated rings. The van der Waals surface area contributed by atoms with Crippen molar-refractivity contribution in [1.29, 1.82) is 0 Å². The van der Waals surface area contributed by atoms with E-state index in [2.05, 4.69) is 16.6 Å². The van der Waals surface area contributed by atoms with E-state index in [-0.39, 0.29) is 37.1 Å². The molecule has 0 bridgehead atoms. The second-order valence-electron chi connectivity index (χ2n) is 6.96. The van der Waals surface area contributed by atoms with Crippen molar-refractivity contribution in [2.45, 2.75) is 12.2 Å². The number of benzene rings is 2. The molecule has 0 spiro atoms. The lowest BCUT2D eigenvalue weighted by Gasteiger charge is -2.17. The number of amides is 2. The van der Waals surface area contributed by atoms with Gasteiger partial charge in [-0.25, -0.2) is 13.1 Å². The molecule has 9 heteroatoms. The number of halogens is 1. The molecule has 7 nitrogen and oxygen atoms in total. The molecule has 0 radical (unpaired) electrons. The molecule has 1 heterocycles. The number of rotatable bonds is 8. The molecule has 30 heavy (non-hydrogen) atoms. The van der Waals surface area contributed by atoms with E-state index >= 15 is 0 Å². The van der Waals surface area contributed by atoms with Crippen molar-refractivity contribution in [2.24, 2.45) is 5.92 Å². The van der Waals surface area contributed by atoms with Crippen LogP contribution < -0.4 is 14.9 Å². The Morgan fingerprint density at radius 2 is 1.83 bits per heavy atom. The van der Waals surface area contributed by atoms with Gasteiger partial charge in [-0.1, -0.05) is 29.8 Å². The zero-order chi connectivity index (χ0) is 21.7. The monoisotopic (exact) mass is 447 g/mol. The van der Waals surface area contributed by atoms with Crippen molar-refractivity contribution in [1.82, 2.24) is 4.72 Å². The van der Waals surface area contributed by atoms with Gasteiger partial charge in [0.25, 0.3) is 0 Å². The van der Waals surface area contributed by atoms with Gasteiger partial charge in [0.15, 0.2) is 0 Å². The van der Waals surface area contributed by atoms with Gasteiger partial charge in [-0.05, 0) is 42.0 Å². The van der Waals surface area contributed by atoms with Gasteiger partial charge in [-0.15, -0.1) is 6.58 Å². The third-order valence-corrected chi connectivity index (χ3v) is 6.23. The zero-order valence-electron chi connectivity index (χ0n) is 16.2. The highest BCUT2D eigenvalue weighted by Crippen LogP contribution is 2.27. The van der Waals surface area contributed by atoms with Crippen LogP contribution in [0.5, 0.6) is 0 Å². The summed E-state index contributed by atoms with van der Waals surface area (Å²) in [5, 5.41) is 3.37. The van der Waals surface area contributed by atoms with Crippen LogP contribution in [0.1, 0.15) is 12.0 Å². The van der Waals surface area contributed by atoms with E-state index in [1.54, 1.807) is 53.4 Å². The molecule has 1 unspecified atom stereocenters. The lowest BCUT2D eigenvalue weighted by molar-refractivity contribution is -0.122. The average molecular weight is 448 g/mol. The maximum atomic E-state index is 12.6. The van der Waals surface area contributed by atoms with E-state index in [9.17, 15) is 18.0 Å². The summed E-state index contributed by atoms with van der Waals surface area (Å²) in [5.41, 5.74) is 1.84. The molecule has 2 aromatic rings. The van der Waals surface area contributed by atoms with Gasteiger partial charge in [0, 0.05) is 35.9 Å². The van der Waals surface area contributed by atoms with Crippen molar-refractivity contribution in [3.05, 3.63) is 71.8 Å². The minimum absolute atomic E-state index is 0.120. The number of nitrogens with zero attached hydrogens (tertiary/aromatic N) is 1. The number of hydrogen-bond donors (Lipinski definition) is 2. The maximum absolute atomic E-state index is 12.6. The largest absolute Gasteiger partial charge is 0.326 e. The summed E-state index contributed by atoms with van der Waals surface area (Å²) in [6, 6.07) is 13.5. The number of nitrogens with one attached hydrogen (secondary N) is 2. The Morgan fingerprint density at radius 3 is 2.47 bits per heavy atom. The predicted octanol–water partition coefficient (Wildman–Crippen LogP) is 2.94. The summed E-state index contributed by atoms with van der Waals surface area (Å²) in [4.78, 5) is 26.5. The molecule has 1 atom stereocenters. The van der Waals surface area contributed by atoms with Crippen molar-refractivity contribution in [3.8, 4) is 0 Å². The average Bonchev–Trinajstić information content (AvgIpc) is 3.10. The first kappa shape index (κ1) is 22.0. The fourth-order valence-electron chi connectivity index (χ4n) is 3.14. The quantitative estimate of drug-likeness (QED) is 0.608. The molecule has 158 valence electrons. The van der Waals surface area contributed by atoms with Crippen LogP contribution in [0, 0.1) is 5.92 Å². The second-order valence-corrected chi connectivity index (χ2v) is 9.21. The Hall–Kier alpha value is -2.68. The normalized spacial score (nSPS) is 16.5. The number of anilines is 2. The molecule has 0 aliphatic carbocycles. The molecule has 1 aliphatic rings. The molecule has 1 saturated heterocycles. The molecule has 0 saturated carbocycles. The van der Waals surface area contributed by atoms with Crippen LogP contribution in [-0.4, -0.2) is 33.3 Å². The summed E-state index contributed by atoms with van der Waals surface area (Å²) < 4.78 is 26.2. The highest BCUT2D eigenvalue weighted by Gasteiger charge is 2.35. The van der Waals surface area contributed by atoms with Crippen molar-refractivity contribution in [2.75, 3.05) is 23.3 Å². The Labute approximate surface area is 180 Å². The van der Waals surface area contributed by atoms with E-state index in [0.29, 0.717) is 22.0 Å². The van der Waals surface area contributed by atoms with E-state index in [1.807, 2.05) is 0 Å². The number of sulfonamides is 1. The maximum Gasteiger partial charge on any atom is 0.229 e. The summed E-state index contributed by atoms with van der Waals surface area (Å²) in [5.74, 6) is -1.02. The van der Waals surface area contributed by atoms with E-state index in [4.69, 9.17) is 11.6 Å². The lowest BCUT2D eigenvalue weighted by atomic mass is 10.1. The topological polar surface area (TPSA) is 95.6 Å². The minimum atomic E-state index is -3.45. The molecule has 2 amide bonds. The lowest BCUT2D eigenvalue weighted by Crippen LogP contribution is -2.28. The summed E-state index contributed by atoms with van der Waals surface area (Å²) in [6.07, 6.45) is 1.60. The third-order valence-electron chi connectivity index (χ3n) is 4.66. The van der Waals surface area contributed by atoms with Crippen LogP contribution in [0.3, 0.4) is 0 Å². The first-order chi connectivity index (χ1) is 14.3. The van der Waals surface area contributed by atoms with Gasteiger partial charge in [0.05, 0.1) is 11.7 Å². The first-order valence-electron chi connectivity index (χ1n) is 9.31. The molecule has 0 aromatic heterocycles. The predicted molar refractivity (Wildman–Crippen MR) is 118 cm³/mol. The van der Waals surface area contributed by atoms with Crippen LogP contribution in [0.15, 0.2) is 61.2 Å². The Kier molecular flexibility index (Phi) is 6.91. The Bertz CT molecular complexity index is 1040. The highest BCUT2D eigenvalue weighted by molar-refractivity contribution is 7.88. The van der Waals surface area contributed by atoms with Crippen LogP contribution in [0.25, 0.3) is 0 Å². The Morgan fingerprint density at radius 1 is 1.17 bits per heavy atom. The number of carbonyl (C=O) groups is 2. The van der Waals surface area contributed by atoms with Gasteiger partial charge in [-0.2, -0.15) is 0 Å². The van der Waals surface area contributed by atoms with Crippen LogP contribution in [0.2, 0.25) is 5.02 Å². The van der Waals surface area contributed by atoms with Gasteiger partial charge in [-0.3, -0.25) is 9.59 Å². The second kappa shape index (κ2) is 9.42. The molecular weight excluding hydrogens is 426 g/mol. The van der Waals surface area contributed by atoms with E-state index in [0.717, 1.165) is 0 Å². The first-order valence-corrected chi connectivity index (χ1v) is 11.3. The summed E-state index contributed by atoms with van der Waals surface area (Å²) in [7, 11) is -3.45. The Balaban J connectivity index is 1.59. The summed E-state index contributed by atoms with van der Waals surface area (Å²) in [6.45, 7) is 3.94. The van der Waals surface area contributed by atoms with Crippen molar-refractivity contribution < 1.29 is 18.0 Å². The molecule has 1 aliphatic heterocycles. The highest BCUT2D eigenvalue weighted by atomic mass is 35.5. The number of carbonyl (C=O) groups excluding carboxylic acids is 2. The fraction of sp³-hybridized carbons (Fsp3) is 0.238. The van der Waals surface area contributed by atoms with E-state index in [1.165, 1.54) is 6.08 Å². The molecule has 3 rings (SSSR count). The molecule has 2 aromatic carbocycles. The van der Waals surface area contributed by atoms with Crippen LogP contribution in [0.4, 0.5) is 11.4 Å². The standard InChI is InChI=1S/C21H22ClN3O4S/c1-2-11-23-30(28,29)14-15-3-7-18(8-4-15)24-21(27)16-12-20(26)25(13-16)19-9-5-17(22)6-10-19/h2-10,16,23H,1,11-14H2,(H,24,27). The smallest absolute Gasteiger partial charge is 0.229 e. The minimum Gasteiger partial charge on any atom is -0.326 e. The van der Waals surface area contributed by atoms with Crippen molar-refractivity contribution in [3.63, 3.8) is 0 Å². The van der Waals surface area contributed by atoms with Gasteiger partial charge < -0.3 is 10.2 Å². The molecular formula is C21H22ClN3O4S. The third kappa shape index (κ3) is 5.69. The zero-order valence-corrected chi connectivity index (χ0v) is 17.7. The fourth-order valence-corrected chi connectivity index (χ4v) is 4.37. The van der Waals surface area contributed by atoms with Gasteiger partial charge in [0.1, 0.15) is 0 Å². The van der Waals surface area contributed by atoms with Gasteiger partial charge >= 0.3 is 0 Å². The summed E-state index contributed by atoms with van der Waals surface area (Å²) >= 11 is 5.88. The van der Waals surface area contributed by atoms with Gasteiger partial charge in [0.2, 0.25) is 21.8 Å². The van der Waals surface area contributed by atoms with Crippen LogP contribution >= 0.6 is 11.6 Å². The van der Waals surface area contributed by atoms with Crippen molar-refractivity contribution >= 4 is 44.8 Å². The van der Waals surface area contributed by atoms with Crippen LogP contribution in [-0.2, 0) is 25.4 Å².